The van der Waals surface area contributed by atoms with Crippen molar-refractivity contribution in [3.8, 4) is 0 Å². The van der Waals surface area contributed by atoms with Crippen LogP contribution in [-0.2, 0) is 9.53 Å². The van der Waals surface area contributed by atoms with Gasteiger partial charge in [-0.05, 0) is 33.7 Å². The van der Waals surface area contributed by atoms with Crippen LogP contribution in [0.15, 0.2) is 12.2 Å². The van der Waals surface area contributed by atoms with Crippen molar-refractivity contribution in [1.29, 1.82) is 0 Å². The third-order valence-corrected chi connectivity index (χ3v) is 3.47. The highest BCUT2D eigenvalue weighted by Crippen LogP contribution is 2.20. The van der Waals surface area contributed by atoms with Crippen molar-refractivity contribution in [2.45, 2.75) is 32.2 Å². The van der Waals surface area contributed by atoms with Crippen LogP contribution in [0.25, 0.3) is 0 Å². The molecule has 1 N–H and O–H groups in total. The van der Waals surface area contributed by atoms with Crippen LogP contribution in [0.5, 0.6) is 0 Å². The number of carbonyl (C=O) groups excluding carboxylic acids is 1. The summed E-state index contributed by atoms with van der Waals surface area (Å²) in [5.74, 6) is -0.246. The Bertz CT molecular complexity index is 269. The Labute approximate surface area is 104 Å². The van der Waals surface area contributed by atoms with Crippen molar-refractivity contribution in [3.63, 3.8) is 0 Å². The van der Waals surface area contributed by atoms with Crippen molar-refractivity contribution in [2.24, 2.45) is 0 Å². The van der Waals surface area contributed by atoms with Crippen LogP contribution in [0.1, 0.15) is 26.7 Å². The lowest BCUT2D eigenvalue weighted by atomic mass is 9.90. The molecule has 0 aromatic carbocycles. The van der Waals surface area contributed by atoms with Crippen LogP contribution in [0.3, 0.4) is 0 Å². The second-order valence-corrected chi connectivity index (χ2v) is 4.77. The van der Waals surface area contributed by atoms with E-state index in [2.05, 4.69) is 17.1 Å². The summed E-state index contributed by atoms with van der Waals surface area (Å²) in [4.78, 5) is 13.5. The molecule has 1 heterocycles. The summed E-state index contributed by atoms with van der Waals surface area (Å²) < 4.78 is 4.83. The number of nitrogens with zero attached hydrogens (tertiary/aromatic N) is 1. The molecule has 0 amide bonds. The highest BCUT2D eigenvalue weighted by Gasteiger charge is 2.27. The molecule has 0 unspecified atom stereocenters. The van der Waals surface area contributed by atoms with Gasteiger partial charge in [0.25, 0.3) is 0 Å². The highest BCUT2D eigenvalue weighted by atomic mass is 16.5. The van der Waals surface area contributed by atoms with Crippen LogP contribution in [0.2, 0.25) is 0 Å². The molecule has 1 saturated heterocycles. The molecule has 1 aliphatic rings. The van der Waals surface area contributed by atoms with E-state index in [4.69, 9.17) is 4.74 Å². The number of hydrogen-bond acceptors (Lipinski definition) is 4. The standard InChI is InChI=1S/C13H24N2O2/c1-4-17-12(16)6-5-9-15-10-7-13(2,14-3)8-11-15/h5-6,14H,4,7-11H2,1-3H3/b6-5+. The van der Waals surface area contributed by atoms with E-state index >= 15 is 0 Å². The third kappa shape index (κ3) is 4.88. The predicted molar refractivity (Wildman–Crippen MR) is 68.9 cm³/mol. The van der Waals surface area contributed by atoms with Gasteiger partial charge < -0.3 is 10.1 Å². The molecule has 0 aromatic heterocycles. The van der Waals surface area contributed by atoms with Crippen LogP contribution in [0, 0.1) is 0 Å². The fourth-order valence-electron chi connectivity index (χ4n) is 1.97. The SMILES string of the molecule is CCOC(=O)/C=C/CN1CCC(C)(NC)CC1. The Hall–Kier alpha value is -0.870. The summed E-state index contributed by atoms with van der Waals surface area (Å²) in [7, 11) is 2.02. The average Bonchev–Trinajstić information content (AvgIpc) is 2.32. The molecular weight excluding hydrogens is 216 g/mol. The first-order valence-corrected chi connectivity index (χ1v) is 6.34. The highest BCUT2D eigenvalue weighted by molar-refractivity contribution is 5.81. The first kappa shape index (κ1) is 14.2. The number of ether oxygens (including phenoxy) is 1. The topological polar surface area (TPSA) is 41.6 Å². The molecular formula is C13H24N2O2. The van der Waals surface area contributed by atoms with E-state index in [0.717, 1.165) is 32.5 Å². The summed E-state index contributed by atoms with van der Waals surface area (Å²) in [5, 5.41) is 3.37. The zero-order valence-corrected chi connectivity index (χ0v) is 11.2. The van der Waals surface area contributed by atoms with E-state index in [9.17, 15) is 4.79 Å². The van der Waals surface area contributed by atoms with Crippen LogP contribution >= 0.6 is 0 Å². The minimum Gasteiger partial charge on any atom is -0.463 e. The Kier molecular flexibility index (Phi) is 5.65. The fraction of sp³-hybridized carbons (Fsp3) is 0.769. The maximum Gasteiger partial charge on any atom is 0.330 e. The van der Waals surface area contributed by atoms with Crippen LogP contribution in [0.4, 0.5) is 0 Å². The monoisotopic (exact) mass is 240 g/mol. The van der Waals surface area contributed by atoms with Gasteiger partial charge in [-0.25, -0.2) is 4.79 Å². The van der Waals surface area contributed by atoms with E-state index in [1.807, 2.05) is 20.0 Å². The molecule has 98 valence electrons. The summed E-state index contributed by atoms with van der Waals surface area (Å²) in [5.41, 5.74) is 0.279. The van der Waals surface area contributed by atoms with Gasteiger partial charge in [0.1, 0.15) is 0 Å². The lowest BCUT2D eigenvalue weighted by Crippen LogP contribution is -2.49. The van der Waals surface area contributed by atoms with Gasteiger partial charge in [-0.1, -0.05) is 6.08 Å². The molecule has 0 aromatic rings. The van der Waals surface area contributed by atoms with E-state index in [1.54, 1.807) is 0 Å². The number of likely N-dealkylation sites (tertiary alicyclic amines) is 1. The Balaban J connectivity index is 2.25. The molecule has 4 heteroatoms. The summed E-state index contributed by atoms with van der Waals surface area (Å²) in [6.07, 6.45) is 5.71. The quantitative estimate of drug-likeness (QED) is 0.579. The molecule has 1 aliphatic heterocycles. The van der Waals surface area contributed by atoms with Gasteiger partial charge in [0.15, 0.2) is 0 Å². The van der Waals surface area contributed by atoms with Crippen LogP contribution < -0.4 is 5.32 Å². The molecule has 1 rings (SSSR count). The Morgan fingerprint density at radius 1 is 1.47 bits per heavy atom. The normalized spacial score (nSPS) is 20.6. The van der Waals surface area contributed by atoms with E-state index in [0.29, 0.717) is 6.61 Å². The largest absolute Gasteiger partial charge is 0.463 e. The van der Waals surface area contributed by atoms with Gasteiger partial charge in [0.2, 0.25) is 0 Å². The number of carbonyl (C=O) groups is 1. The van der Waals surface area contributed by atoms with Gasteiger partial charge in [-0.3, -0.25) is 4.90 Å². The lowest BCUT2D eigenvalue weighted by Gasteiger charge is -2.38. The fourth-order valence-corrected chi connectivity index (χ4v) is 1.97. The maximum atomic E-state index is 11.1. The minimum atomic E-state index is -0.246. The van der Waals surface area contributed by atoms with E-state index in [1.165, 1.54) is 6.08 Å². The summed E-state index contributed by atoms with van der Waals surface area (Å²) in [6.45, 7) is 7.49. The van der Waals surface area contributed by atoms with Crippen molar-refractivity contribution in [2.75, 3.05) is 33.3 Å². The molecule has 0 radical (unpaired) electrons. The molecule has 0 atom stereocenters. The molecule has 17 heavy (non-hydrogen) atoms. The number of rotatable bonds is 5. The lowest BCUT2D eigenvalue weighted by molar-refractivity contribution is -0.137. The second kappa shape index (κ2) is 6.77. The van der Waals surface area contributed by atoms with Crippen molar-refractivity contribution in [3.05, 3.63) is 12.2 Å². The van der Waals surface area contributed by atoms with Gasteiger partial charge in [-0.15, -0.1) is 0 Å². The van der Waals surface area contributed by atoms with Crippen LogP contribution in [-0.4, -0.2) is 49.7 Å². The van der Waals surface area contributed by atoms with Gasteiger partial charge in [0, 0.05) is 31.2 Å². The van der Waals surface area contributed by atoms with Gasteiger partial charge >= 0.3 is 5.97 Å². The van der Waals surface area contributed by atoms with Crippen molar-refractivity contribution in [1.82, 2.24) is 10.2 Å². The first-order chi connectivity index (χ1) is 8.09. The molecule has 4 nitrogen and oxygen atoms in total. The van der Waals surface area contributed by atoms with E-state index < -0.39 is 0 Å². The number of esters is 1. The number of hydrogen-bond donors (Lipinski definition) is 1. The third-order valence-electron chi connectivity index (χ3n) is 3.47. The van der Waals surface area contributed by atoms with Crippen molar-refractivity contribution < 1.29 is 9.53 Å². The zero-order chi connectivity index (χ0) is 12.7. The molecule has 0 saturated carbocycles. The summed E-state index contributed by atoms with van der Waals surface area (Å²) in [6, 6.07) is 0. The predicted octanol–water partition coefficient (Wildman–Crippen LogP) is 1.18. The van der Waals surface area contributed by atoms with Gasteiger partial charge in [-0.2, -0.15) is 0 Å². The summed E-state index contributed by atoms with van der Waals surface area (Å²) >= 11 is 0. The molecule has 0 spiro atoms. The molecule has 0 aliphatic carbocycles. The van der Waals surface area contributed by atoms with E-state index in [-0.39, 0.29) is 11.5 Å². The Morgan fingerprint density at radius 3 is 2.65 bits per heavy atom. The number of nitrogens with one attached hydrogen (secondary N) is 1. The maximum absolute atomic E-state index is 11.1. The molecule has 0 bridgehead atoms. The zero-order valence-electron chi connectivity index (χ0n) is 11.2. The molecule has 1 fully saturated rings. The smallest absolute Gasteiger partial charge is 0.330 e. The van der Waals surface area contributed by atoms with Gasteiger partial charge in [0.05, 0.1) is 6.61 Å². The minimum absolute atomic E-state index is 0.246. The number of piperidine rings is 1. The van der Waals surface area contributed by atoms with Crippen molar-refractivity contribution >= 4 is 5.97 Å². The Morgan fingerprint density at radius 2 is 2.12 bits per heavy atom. The second-order valence-electron chi connectivity index (χ2n) is 4.77. The first-order valence-electron chi connectivity index (χ1n) is 6.34. The average molecular weight is 240 g/mol.